The fourth-order valence-electron chi connectivity index (χ4n) is 1.55. The summed E-state index contributed by atoms with van der Waals surface area (Å²) in [5.74, 6) is 0.507. The second-order valence-electron chi connectivity index (χ2n) is 4.07. The number of hydrogen-bond acceptors (Lipinski definition) is 4. The van der Waals surface area contributed by atoms with Crippen LogP contribution in [-0.2, 0) is 0 Å². The number of rotatable bonds is 6. The Morgan fingerprint density at radius 3 is 2.59 bits per heavy atom. The molecule has 98 valence electrons. The van der Waals surface area contributed by atoms with E-state index in [9.17, 15) is 13.2 Å². The Morgan fingerprint density at radius 2 is 2.06 bits per heavy atom. The summed E-state index contributed by atoms with van der Waals surface area (Å²) < 4.78 is 35.8. The van der Waals surface area contributed by atoms with Gasteiger partial charge >= 0.3 is 6.18 Å². The van der Waals surface area contributed by atoms with Crippen molar-refractivity contribution in [3.05, 3.63) is 5.82 Å². The molecule has 0 spiro atoms. The summed E-state index contributed by atoms with van der Waals surface area (Å²) in [5.41, 5.74) is 0. The van der Waals surface area contributed by atoms with Crippen molar-refractivity contribution in [2.45, 2.75) is 51.4 Å². The fourth-order valence-corrected chi connectivity index (χ4v) is 1.55. The average Bonchev–Trinajstić information content (AvgIpc) is 2.67. The van der Waals surface area contributed by atoms with Crippen molar-refractivity contribution < 1.29 is 13.2 Å². The zero-order valence-corrected chi connectivity index (χ0v) is 9.75. The van der Waals surface area contributed by atoms with E-state index in [4.69, 9.17) is 0 Å². The minimum Gasteiger partial charge on any atom is -0.305 e. The van der Waals surface area contributed by atoms with Gasteiger partial charge in [0.1, 0.15) is 0 Å². The molecule has 2 atom stereocenters. The lowest BCUT2D eigenvalue weighted by atomic mass is 10.1. The molecule has 0 aliphatic heterocycles. The van der Waals surface area contributed by atoms with E-state index in [-0.39, 0.29) is 18.5 Å². The van der Waals surface area contributed by atoms with Crippen molar-refractivity contribution in [3.8, 4) is 0 Å². The third kappa shape index (κ3) is 5.62. The summed E-state index contributed by atoms with van der Waals surface area (Å²) in [6.45, 7) is 3.68. The molecule has 0 amide bonds. The number of halogens is 3. The van der Waals surface area contributed by atoms with Gasteiger partial charge in [-0.25, -0.2) is 0 Å². The van der Waals surface area contributed by atoms with Crippen LogP contribution in [0.5, 0.6) is 0 Å². The molecule has 1 aromatic heterocycles. The molecule has 1 heterocycles. The molecule has 1 rings (SSSR count). The van der Waals surface area contributed by atoms with Crippen LogP contribution in [0, 0.1) is 0 Å². The Balaban J connectivity index is 2.23. The van der Waals surface area contributed by atoms with Crippen LogP contribution in [-0.4, -0.2) is 32.8 Å². The second kappa shape index (κ2) is 5.95. The number of nitrogens with zero attached hydrogens (tertiary/aromatic N) is 3. The zero-order valence-electron chi connectivity index (χ0n) is 9.75. The topological polar surface area (TPSA) is 66.5 Å². The Labute approximate surface area is 97.2 Å². The van der Waals surface area contributed by atoms with Crippen LogP contribution in [0.4, 0.5) is 13.2 Å². The highest BCUT2D eigenvalue weighted by molar-refractivity contribution is 4.86. The van der Waals surface area contributed by atoms with Crippen LogP contribution in [0.25, 0.3) is 0 Å². The van der Waals surface area contributed by atoms with Crippen molar-refractivity contribution in [1.29, 1.82) is 0 Å². The molecule has 2 N–H and O–H groups in total. The van der Waals surface area contributed by atoms with Crippen LogP contribution in [0.3, 0.4) is 0 Å². The minimum atomic E-state index is -4.07. The summed E-state index contributed by atoms with van der Waals surface area (Å²) in [5, 5.41) is 16.5. The van der Waals surface area contributed by atoms with Crippen molar-refractivity contribution in [2.75, 3.05) is 0 Å². The second-order valence-corrected chi connectivity index (χ2v) is 4.07. The van der Waals surface area contributed by atoms with Crippen molar-refractivity contribution in [1.82, 2.24) is 25.9 Å². The number of alkyl halides is 3. The first kappa shape index (κ1) is 13.9. The Kier molecular flexibility index (Phi) is 4.86. The third-order valence-electron chi connectivity index (χ3n) is 2.38. The Morgan fingerprint density at radius 1 is 1.35 bits per heavy atom. The number of nitrogens with one attached hydrogen (secondary N) is 2. The highest BCUT2D eigenvalue weighted by atomic mass is 19.4. The lowest BCUT2D eigenvalue weighted by Gasteiger charge is -2.17. The van der Waals surface area contributed by atoms with E-state index >= 15 is 0 Å². The van der Waals surface area contributed by atoms with E-state index in [0.29, 0.717) is 12.2 Å². The number of aromatic nitrogens is 4. The van der Waals surface area contributed by atoms with Crippen molar-refractivity contribution >= 4 is 0 Å². The van der Waals surface area contributed by atoms with E-state index in [1.54, 1.807) is 0 Å². The molecule has 1 aromatic rings. The predicted octanol–water partition coefficient (Wildman–Crippen LogP) is 1.97. The first-order valence-corrected chi connectivity index (χ1v) is 5.44. The van der Waals surface area contributed by atoms with Gasteiger partial charge in [0.15, 0.2) is 5.82 Å². The van der Waals surface area contributed by atoms with E-state index < -0.39 is 12.6 Å². The fraction of sp³-hybridized carbons (Fsp3) is 0.889. The Bertz CT molecular complexity index is 311. The van der Waals surface area contributed by atoms with Gasteiger partial charge in [-0.2, -0.15) is 18.4 Å². The zero-order chi connectivity index (χ0) is 12.9. The molecule has 0 saturated carbocycles. The van der Waals surface area contributed by atoms with E-state index in [1.165, 1.54) is 0 Å². The van der Waals surface area contributed by atoms with Gasteiger partial charge in [-0.3, -0.25) is 0 Å². The molecule has 2 unspecified atom stereocenters. The molecule has 0 bridgehead atoms. The third-order valence-corrected chi connectivity index (χ3v) is 2.38. The van der Waals surface area contributed by atoms with Gasteiger partial charge in [-0.15, -0.1) is 10.2 Å². The van der Waals surface area contributed by atoms with Crippen LogP contribution in [0.1, 0.15) is 45.0 Å². The average molecular weight is 251 g/mol. The molecule has 17 heavy (non-hydrogen) atoms. The van der Waals surface area contributed by atoms with Crippen LogP contribution in [0.2, 0.25) is 0 Å². The molecular weight excluding hydrogens is 235 g/mol. The largest absolute Gasteiger partial charge is 0.389 e. The maximum absolute atomic E-state index is 11.9. The van der Waals surface area contributed by atoms with Gasteiger partial charge in [0.25, 0.3) is 0 Å². The maximum atomic E-state index is 11.9. The lowest BCUT2D eigenvalue weighted by Crippen LogP contribution is -2.29. The summed E-state index contributed by atoms with van der Waals surface area (Å²) >= 11 is 0. The molecule has 8 heteroatoms. The number of tetrazole rings is 1. The SMILES string of the molecule is CC(CCCC(F)(F)F)NC(C)c1nn[nH]n1. The quantitative estimate of drug-likeness (QED) is 0.811. The van der Waals surface area contributed by atoms with E-state index in [0.717, 1.165) is 0 Å². The van der Waals surface area contributed by atoms with Crippen LogP contribution in [0.15, 0.2) is 0 Å². The predicted molar refractivity (Wildman–Crippen MR) is 55.1 cm³/mol. The monoisotopic (exact) mass is 251 g/mol. The Hall–Kier alpha value is -1.18. The van der Waals surface area contributed by atoms with Crippen molar-refractivity contribution in [2.24, 2.45) is 0 Å². The summed E-state index contributed by atoms with van der Waals surface area (Å²) in [4.78, 5) is 0. The normalized spacial score (nSPS) is 15.8. The number of aromatic amines is 1. The molecular formula is C9H16F3N5. The molecule has 0 aromatic carbocycles. The van der Waals surface area contributed by atoms with Crippen LogP contribution >= 0.6 is 0 Å². The van der Waals surface area contributed by atoms with Gasteiger partial charge in [0, 0.05) is 12.5 Å². The van der Waals surface area contributed by atoms with Crippen molar-refractivity contribution in [3.63, 3.8) is 0 Å². The molecule has 0 aliphatic carbocycles. The van der Waals surface area contributed by atoms with Gasteiger partial charge in [0.2, 0.25) is 0 Å². The molecule has 5 nitrogen and oxygen atoms in total. The first-order valence-electron chi connectivity index (χ1n) is 5.44. The first-order chi connectivity index (χ1) is 7.88. The summed E-state index contributed by atoms with van der Waals surface area (Å²) in [7, 11) is 0. The number of hydrogen-bond donors (Lipinski definition) is 2. The summed E-state index contributed by atoms with van der Waals surface area (Å²) in [6.07, 6.45) is -4.23. The van der Waals surface area contributed by atoms with Gasteiger partial charge in [-0.1, -0.05) is 5.21 Å². The van der Waals surface area contributed by atoms with E-state index in [1.807, 2.05) is 13.8 Å². The highest BCUT2D eigenvalue weighted by Crippen LogP contribution is 2.22. The van der Waals surface area contributed by atoms with Gasteiger partial charge in [-0.05, 0) is 26.7 Å². The molecule has 0 saturated heterocycles. The lowest BCUT2D eigenvalue weighted by molar-refractivity contribution is -0.135. The molecule has 0 fully saturated rings. The van der Waals surface area contributed by atoms with Gasteiger partial charge < -0.3 is 5.32 Å². The molecule has 0 aliphatic rings. The van der Waals surface area contributed by atoms with Crippen LogP contribution < -0.4 is 5.32 Å². The highest BCUT2D eigenvalue weighted by Gasteiger charge is 2.26. The van der Waals surface area contributed by atoms with Gasteiger partial charge in [0.05, 0.1) is 6.04 Å². The smallest absolute Gasteiger partial charge is 0.305 e. The maximum Gasteiger partial charge on any atom is 0.389 e. The summed E-state index contributed by atoms with van der Waals surface area (Å²) in [6, 6.07) is -0.152. The number of H-pyrrole nitrogens is 1. The standard InChI is InChI=1S/C9H16F3N5/c1-6(4-3-5-9(10,11)12)13-7(2)8-14-16-17-15-8/h6-7,13H,3-5H2,1-2H3,(H,14,15,16,17). The van der Waals surface area contributed by atoms with E-state index in [2.05, 4.69) is 25.9 Å². The minimum absolute atomic E-state index is 0.0224. The molecule has 0 radical (unpaired) electrons.